The van der Waals surface area contributed by atoms with Crippen molar-refractivity contribution in [2.24, 2.45) is 0 Å². The highest BCUT2D eigenvalue weighted by Gasteiger charge is 2.10. The molecule has 0 saturated heterocycles. The Balaban J connectivity index is 3.02. The first-order valence-corrected chi connectivity index (χ1v) is 3.88. The van der Waals surface area contributed by atoms with E-state index in [0.29, 0.717) is 17.8 Å². The summed E-state index contributed by atoms with van der Waals surface area (Å²) in [5.41, 5.74) is 1.16. The summed E-state index contributed by atoms with van der Waals surface area (Å²) in [7, 11) is 0. The molecule has 0 aliphatic carbocycles. The number of hydrogen-bond donors (Lipinski definition) is 0. The van der Waals surface area contributed by atoms with Crippen molar-refractivity contribution in [2.45, 2.75) is 20.4 Å². The van der Waals surface area contributed by atoms with Gasteiger partial charge in [-0.2, -0.15) is 5.10 Å². The predicted octanol–water partition coefficient (Wildman–Crippen LogP) is 1.66. The average molecular weight is 164 g/mol. The number of nitrogens with zero attached hydrogens (tertiary/aromatic N) is 2. The Morgan fingerprint density at radius 1 is 1.75 bits per heavy atom. The van der Waals surface area contributed by atoms with Crippen LogP contribution in [0.4, 0.5) is 0 Å². The molecule has 0 aromatic carbocycles. The Kier molecular flexibility index (Phi) is 2.43. The Hall–Kier alpha value is -1.38. The minimum absolute atomic E-state index is 0.0330. The van der Waals surface area contributed by atoms with Crippen LogP contribution in [0.25, 0.3) is 0 Å². The molecule has 0 atom stereocenters. The Bertz CT molecular complexity index is 312. The van der Waals surface area contributed by atoms with E-state index in [9.17, 15) is 4.79 Å². The minimum atomic E-state index is -0.0330. The van der Waals surface area contributed by atoms with Crippen molar-refractivity contribution < 1.29 is 4.79 Å². The van der Waals surface area contributed by atoms with E-state index in [0.717, 1.165) is 0 Å². The highest BCUT2D eigenvalue weighted by atomic mass is 16.1. The number of aromatic nitrogens is 2. The zero-order valence-electron chi connectivity index (χ0n) is 7.37. The second-order valence-corrected chi connectivity index (χ2v) is 2.64. The number of Topliss-reactive ketones (excluding diaryl/α,β-unsaturated/α-hetero) is 1. The number of carbonyl (C=O) groups is 1. The summed E-state index contributed by atoms with van der Waals surface area (Å²) in [6.07, 6.45) is 1.62. The van der Waals surface area contributed by atoms with Crippen LogP contribution in [0.5, 0.6) is 0 Å². The maximum absolute atomic E-state index is 11.4. The number of carbonyl (C=O) groups excluding carboxylic acids is 1. The van der Waals surface area contributed by atoms with Gasteiger partial charge in [0.2, 0.25) is 5.78 Å². The van der Waals surface area contributed by atoms with Gasteiger partial charge in [-0.05, 0) is 25.5 Å². The van der Waals surface area contributed by atoms with Crippen molar-refractivity contribution in [1.82, 2.24) is 9.78 Å². The monoisotopic (exact) mass is 164 g/mol. The third-order valence-corrected chi connectivity index (χ3v) is 1.64. The number of ketones is 1. The number of allylic oxidation sites excluding steroid dienone is 1. The zero-order chi connectivity index (χ0) is 9.14. The molecule has 1 aromatic rings. The Morgan fingerprint density at radius 2 is 2.42 bits per heavy atom. The number of hydrogen-bond acceptors (Lipinski definition) is 2. The van der Waals surface area contributed by atoms with Gasteiger partial charge in [0.25, 0.3) is 0 Å². The molecule has 0 amide bonds. The SMILES string of the molecule is C=C(C)C(=O)c1ccnn1CC. The van der Waals surface area contributed by atoms with E-state index in [-0.39, 0.29) is 5.78 Å². The molecule has 0 N–H and O–H groups in total. The van der Waals surface area contributed by atoms with Crippen molar-refractivity contribution in [3.63, 3.8) is 0 Å². The minimum Gasteiger partial charge on any atom is -0.287 e. The van der Waals surface area contributed by atoms with Crippen molar-refractivity contribution in [3.8, 4) is 0 Å². The predicted molar refractivity (Wildman–Crippen MR) is 47.0 cm³/mol. The van der Waals surface area contributed by atoms with Crippen LogP contribution in [0, 0.1) is 0 Å². The molecule has 1 heterocycles. The molecule has 0 spiro atoms. The van der Waals surface area contributed by atoms with Crippen LogP contribution < -0.4 is 0 Å². The molecule has 0 fully saturated rings. The summed E-state index contributed by atoms with van der Waals surface area (Å²) < 4.78 is 1.66. The van der Waals surface area contributed by atoms with Gasteiger partial charge in [0.05, 0.1) is 0 Å². The van der Waals surface area contributed by atoms with Crippen molar-refractivity contribution in [1.29, 1.82) is 0 Å². The van der Waals surface area contributed by atoms with E-state index >= 15 is 0 Å². The molecule has 12 heavy (non-hydrogen) atoms. The lowest BCUT2D eigenvalue weighted by Gasteiger charge is -2.01. The fourth-order valence-electron chi connectivity index (χ4n) is 0.996. The third-order valence-electron chi connectivity index (χ3n) is 1.64. The summed E-state index contributed by atoms with van der Waals surface area (Å²) in [5, 5.41) is 3.99. The van der Waals surface area contributed by atoms with Crippen molar-refractivity contribution >= 4 is 5.78 Å². The second-order valence-electron chi connectivity index (χ2n) is 2.64. The molecule has 64 valence electrons. The molecule has 3 heteroatoms. The fraction of sp³-hybridized carbons (Fsp3) is 0.333. The molecule has 1 aromatic heterocycles. The quantitative estimate of drug-likeness (QED) is 0.503. The van der Waals surface area contributed by atoms with Crippen LogP contribution in [-0.2, 0) is 6.54 Å². The smallest absolute Gasteiger partial charge is 0.206 e. The van der Waals surface area contributed by atoms with Gasteiger partial charge >= 0.3 is 0 Å². The van der Waals surface area contributed by atoms with Gasteiger partial charge in [-0.1, -0.05) is 6.58 Å². The van der Waals surface area contributed by atoms with Gasteiger partial charge < -0.3 is 0 Å². The first-order chi connectivity index (χ1) is 5.66. The first-order valence-electron chi connectivity index (χ1n) is 3.88. The Labute approximate surface area is 71.7 Å². The van der Waals surface area contributed by atoms with E-state index in [4.69, 9.17) is 0 Å². The highest BCUT2D eigenvalue weighted by Crippen LogP contribution is 2.05. The molecular weight excluding hydrogens is 152 g/mol. The molecule has 1 rings (SSSR count). The van der Waals surface area contributed by atoms with Crippen LogP contribution in [0.15, 0.2) is 24.4 Å². The Morgan fingerprint density at radius 3 is 2.92 bits per heavy atom. The largest absolute Gasteiger partial charge is 0.287 e. The number of aryl methyl sites for hydroxylation is 1. The van der Waals surface area contributed by atoms with Gasteiger partial charge in [-0.15, -0.1) is 0 Å². The van der Waals surface area contributed by atoms with E-state index < -0.39 is 0 Å². The van der Waals surface area contributed by atoms with E-state index in [1.807, 2.05) is 6.92 Å². The van der Waals surface area contributed by atoms with E-state index in [1.54, 1.807) is 23.9 Å². The first kappa shape index (κ1) is 8.71. The summed E-state index contributed by atoms with van der Waals surface area (Å²) in [6, 6.07) is 1.71. The third kappa shape index (κ3) is 1.44. The van der Waals surface area contributed by atoms with Gasteiger partial charge in [-0.25, -0.2) is 0 Å². The van der Waals surface area contributed by atoms with Gasteiger partial charge in [0, 0.05) is 12.7 Å². The van der Waals surface area contributed by atoms with Crippen molar-refractivity contribution in [2.75, 3.05) is 0 Å². The van der Waals surface area contributed by atoms with Gasteiger partial charge in [0.1, 0.15) is 5.69 Å². The van der Waals surface area contributed by atoms with Crippen LogP contribution in [0.1, 0.15) is 24.3 Å². The average Bonchev–Trinajstić information content (AvgIpc) is 2.49. The van der Waals surface area contributed by atoms with E-state index in [1.165, 1.54) is 0 Å². The molecule has 0 unspecified atom stereocenters. The highest BCUT2D eigenvalue weighted by molar-refractivity contribution is 6.06. The van der Waals surface area contributed by atoms with Gasteiger partial charge in [0.15, 0.2) is 0 Å². The number of rotatable bonds is 3. The molecule has 0 saturated carbocycles. The summed E-state index contributed by atoms with van der Waals surface area (Å²) in [6.45, 7) is 7.96. The topological polar surface area (TPSA) is 34.9 Å². The van der Waals surface area contributed by atoms with Crippen LogP contribution in [-0.4, -0.2) is 15.6 Å². The normalized spacial score (nSPS) is 9.83. The van der Waals surface area contributed by atoms with Crippen LogP contribution in [0.2, 0.25) is 0 Å². The molecule has 3 nitrogen and oxygen atoms in total. The lowest BCUT2D eigenvalue weighted by atomic mass is 10.1. The standard InChI is InChI=1S/C9H12N2O/c1-4-11-8(5-6-10-11)9(12)7(2)3/h5-6H,2,4H2,1,3H3. The van der Waals surface area contributed by atoms with Gasteiger partial charge in [-0.3, -0.25) is 9.48 Å². The summed E-state index contributed by atoms with van der Waals surface area (Å²) >= 11 is 0. The molecule has 0 bridgehead atoms. The molecule has 0 aliphatic heterocycles. The molecule has 0 aliphatic rings. The lowest BCUT2D eigenvalue weighted by molar-refractivity contribution is 0.102. The molecular formula is C9H12N2O. The van der Waals surface area contributed by atoms with Crippen molar-refractivity contribution in [3.05, 3.63) is 30.1 Å². The van der Waals surface area contributed by atoms with Crippen LogP contribution >= 0.6 is 0 Å². The summed E-state index contributed by atoms with van der Waals surface area (Å²) in [4.78, 5) is 11.4. The zero-order valence-corrected chi connectivity index (χ0v) is 7.37. The summed E-state index contributed by atoms with van der Waals surface area (Å²) in [5.74, 6) is -0.0330. The second kappa shape index (κ2) is 3.34. The maximum atomic E-state index is 11.4. The lowest BCUT2D eigenvalue weighted by Crippen LogP contribution is -2.09. The van der Waals surface area contributed by atoms with E-state index in [2.05, 4.69) is 11.7 Å². The maximum Gasteiger partial charge on any atom is 0.206 e. The molecule has 0 radical (unpaired) electrons. The van der Waals surface area contributed by atoms with Crippen LogP contribution in [0.3, 0.4) is 0 Å². The fourth-order valence-corrected chi connectivity index (χ4v) is 0.996.